The van der Waals surface area contributed by atoms with E-state index < -0.39 is 0 Å². The van der Waals surface area contributed by atoms with E-state index in [0.29, 0.717) is 35.9 Å². The first-order valence-corrected chi connectivity index (χ1v) is 9.22. The molecule has 0 unspecified atom stereocenters. The van der Waals surface area contributed by atoms with Crippen LogP contribution in [0.3, 0.4) is 0 Å². The van der Waals surface area contributed by atoms with E-state index in [1.54, 1.807) is 18.2 Å². The van der Waals surface area contributed by atoms with Gasteiger partial charge in [0, 0.05) is 31.7 Å². The summed E-state index contributed by atoms with van der Waals surface area (Å²) in [5.41, 5.74) is 2.00. The largest absolute Gasteiger partial charge is 0.469 e. The molecule has 0 radical (unpaired) electrons. The zero-order valence-electron chi connectivity index (χ0n) is 15.7. The molecule has 6 nitrogen and oxygen atoms in total. The van der Waals surface area contributed by atoms with Crippen molar-refractivity contribution in [1.82, 2.24) is 4.90 Å². The molecule has 0 aliphatic rings. The SMILES string of the molecule is COC(=O)CCN(CCC(=O)Nc1ccc(C#N)c(Cl)c1)Cc1ccccc1. The summed E-state index contributed by atoms with van der Waals surface area (Å²) in [6, 6.07) is 16.6. The number of carbonyl (C=O) groups is 2. The Kier molecular flexibility index (Phi) is 8.47. The van der Waals surface area contributed by atoms with E-state index in [0.717, 1.165) is 5.56 Å². The second-order valence-corrected chi connectivity index (χ2v) is 6.60. The third kappa shape index (κ3) is 7.03. The molecule has 0 aromatic heterocycles. The van der Waals surface area contributed by atoms with Gasteiger partial charge < -0.3 is 10.1 Å². The average Bonchev–Trinajstić information content (AvgIpc) is 2.70. The Hall–Kier alpha value is -2.88. The Labute approximate surface area is 169 Å². The van der Waals surface area contributed by atoms with Gasteiger partial charge in [-0.3, -0.25) is 14.5 Å². The molecule has 2 aromatic rings. The Morgan fingerprint density at radius 1 is 1.14 bits per heavy atom. The quantitative estimate of drug-likeness (QED) is 0.651. The molecule has 0 bridgehead atoms. The summed E-state index contributed by atoms with van der Waals surface area (Å²) >= 11 is 5.99. The Balaban J connectivity index is 1.93. The summed E-state index contributed by atoms with van der Waals surface area (Å²) in [5, 5.41) is 12.0. The van der Waals surface area contributed by atoms with Crippen LogP contribution in [0.15, 0.2) is 48.5 Å². The number of nitrogens with one attached hydrogen (secondary N) is 1. The number of rotatable bonds is 9. The molecule has 0 atom stereocenters. The van der Waals surface area contributed by atoms with Gasteiger partial charge in [-0.15, -0.1) is 0 Å². The van der Waals surface area contributed by atoms with Crippen LogP contribution in [0.5, 0.6) is 0 Å². The van der Waals surface area contributed by atoms with Gasteiger partial charge in [-0.2, -0.15) is 5.26 Å². The highest BCUT2D eigenvalue weighted by molar-refractivity contribution is 6.32. The van der Waals surface area contributed by atoms with Crippen molar-refractivity contribution in [3.05, 3.63) is 64.7 Å². The first kappa shape index (κ1) is 21.4. The molecule has 0 saturated heterocycles. The summed E-state index contributed by atoms with van der Waals surface area (Å²) in [5.74, 6) is -0.452. The van der Waals surface area contributed by atoms with Crippen LogP contribution in [-0.4, -0.2) is 37.0 Å². The Morgan fingerprint density at radius 2 is 1.86 bits per heavy atom. The van der Waals surface area contributed by atoms with Crippen LogP contribution < -0.4 is 5.32 Å². The molecule has 2 rings (SSSR count). The molecule has 1 N–H and O–H groups in total. The topological polar surface area (TPSA) is 82.4 Å². The lowest BCUT2D eigenvalue weighted by Gasteiger charge is -2.21. The summed E-state index contributed by atoms with van der Waals surface area (Å²) in [6.45, 7) is 1.62. The first-order valence-electron chi connectivity index (χ1n) is 8.84. The summed E-state index contributed by atoms with van der Waals surface area (Å²) in [4.78, 5) is 25.8. The number of halogens is 1. The van der Waals surface area contributed by atoms with E-state index in [-0.39, 0.29) is 24.7 Å². The molecule has 0 aliphatic heterocycles. The van der Waals surface area contributed by atoms with E-state index in [1.807, 2.05) is 41.3 Å². The zero-order chi connectivity index (χ0) is 20.4. The van der Waals surface area contributed by atoms with Crippen LogP contribution in [0.1, 0.15) is 24.0 Å². The highest BCUT2D eigenvalue weighted by atomic mass is 35.5. The fourth-order valence-corrected chi connectivity index (χ4v) is 2.85. The van der Waals surface area contributed by atoms with E-state index in [9.17, 15) is 9.59 Å². The van der Waals surface area contributed by atoms with Crippen molar-refractivity contribution in [2.45, 2.75) is 19.4 Å². The highest BCUT2D eigenvalue weighted by Crippen LogP contribution is 2.20. The minimum atomic E-state index is -0.283. The summed E-state index contributed by atoms with van der Waals surface area (Å²) < 4.78 is 4.71. The molecule has 7 heteroatoms. The minimum Gasteiger partial charge on any atom is -0.469 e. The van der Waals surface area contributed by atoms with E-state index in [1.165, 1.54) is 7.11 Å². The van der Waals surface area contributed by atoms with Crippen molar-refractivity contribution >= 4 is 29.2 Å². The standard InChI is InChI=1S/C21H22ClN3O3/c1-28-21(27)10-12-25(15-16-5-3-2-4-6-16)11-9-20(26)24-18-8-7-17(14-23)19(22)13-18/h2-8,13H,9-12,15H2,1H3,(H,24,26). The number of esters is 1. The molecule has 146 valence electrons. The predicted molar refractivity (Wildman–Crippen MR) is 108 cm³/mol. The van der Waals surface area contributed by atoms with Crippen molar-refractivity contribution in [2.75, 3.05) is 25.5 Å². The van der Waals surface area contributed by atoms with Crippen molar-refractivity contribution in [2.24, 2.45) is 0 Å². The molecule has 2 aromatic carbocycles. The molecular weight excluding hydrogens is 378 g/mol. The van der Waals surface area contributed by atoms with Gasteiger partial charge in [-0.05, 0) is 23.8 Å². The van der Waals surface area contributed by atoms with Crippen LogP contribution in [0.25, 0.3) is 0 Å². The van der Waals surface area contributed by atoms with Crippen LogP contribution in [0.4, 0.5) is 5.69 Å². The number of ether oxygens (including phenoxy) is 1. The van der Waals surface area contributed by atoms with E-state index >= 15 is 0 Å². The fourth-order valence-electron chi connectivity index (χ4n) is 2.63. The van der Waals surface area contributed by atoms with Crippen LogP contribution in [0, 0.1) is 11.3 Å². The predicted octanol–water partition coefficient (Wildman–Crippen LogP) is 3.61. The van der Waals surface area contributed by atoms with Crippen molar-refractivity contribution < 1.29 is 14.3 Å². The maximum absolute atomic E-state index is 12.3. The number of nitrogens with zero attached hydrogens (tertiary/aromatic N) is 2. The summed E-state index contributed by atoms with van der Waals surface area (Å²) in [7, 11) is 1.36. The average molecular weight is 400 g/mol. The Bertz CT molecular complexity index is 850. The van der Waals surface area contributed by atoms with Crippen LogP contribution in [-0.2, 0) is 20.9 Å². The number of anilines is 1. The molecule has 0 aliphatic carbocycles. The second-order valence-electron chi connectivity index (χ2n) is 6.19. The van der Waals surface area contributed by atoms with Crippen molar-refractivity contribution in [1.29, 1.82) is 5.26 Å². The molecule has 0 spiro atoms. The number of hydrogen-bond donors (Lipinski definition) is 1. The minimum absolute atomic E-state index is 0.170. The van der Waals surface area contributed by atoms with Crippen LogP contribution in [0.2, 0.25) is 5.02 Å². The molecule has 0 saturated carbocycles. The van der Waals surface area contributed by atoms with E-state index in [2.05, 4.69) is 5.32 Å². The van der Waals surface area contributed by atoms with Gasteiger partial charge in [0.05, 0.1) is 24.1 Å². The number of benzene rings is 2. The van der Waals surface area contributed by atoms with Gasteiger partial charge in [0.2, 0.25) is 5.91 Å². The van der Waals surface area contributed by atoms with Gasteiger partial charge in [-0.25, -0.2) is 0 Å². The molecule has 0 heterocycles. The van der Waals surface area contributed by atoms with Gasteiger partial charge in [0.25, 0.3) is 0 Å². The maximum Gasteiger partial charge on any atom is 0.306 e. The molecular formula is C21H22ClN3O3. The first-order chi connectivity index (χ1) is 13.5. The number of nitriles is 1. The second kappa shape index (κ2) is 11.1. The smallest absolute Gasteiger partial charge is 0.306 e. The fraction of sp³-hybridized carbons (Fsp3) is 0.286. The summed E-state index contributed by atoms with van der Waals surface area (Å²) in [6.07, 6.45) is 0.516. The normalized spacial score (nSPS) is 10.4. The van der Waals surface area contributed by atoms with Crippen LogP contribution >= 0.6 is 11.6 Å². The molecule has 28 heavy (non-hydrogen) atoms. The van der Waals surface area contributed by atoms with Gasteiger partial charge in [0.1, 0.15) is 6.07 Å². The van der Waals surface area contributed by atoms with Crippen molar-refractivity contribution in [3.8, 4) is 6.07 Å². The molecule has 1 amide bonds. The third-order valence-electron chi connectivity index (χ3n) is 4.14. The Morgan fingerprint density at radius 3 is 2.50 bits per heavy atom. The van der Waals surface area contributed by atoms with Gasteiger partial charge in [-0.1, -0.05) is 41.9 Å². The third-order valence-corrected chi connectivity index (χ3v) is 4.45. The highest BCUT2D eigenvalue weighted by Gasteiger charge is 2.12. The lowest BCUT2D eigenvalue weighted by atomic mass is 10.2. The monoisotopic (exact) mass is 399 g/mol. The number of methoxy groups -OCH3 is 1. The lowest BCUT2D eigenvalue weighted by Crippen LogP contribution is -2.30. The number of hydrogen-bond acceptors (Lipinski definition) is 5. The molecule has 0 fully saturated rings. The number of amides is 1. The van der Waals surface area contributed by atoms with Crippen molar-refractivity contribution in [3.63, 3.8) is 0 Å². The van der Waals surface area contributed by atoms with Gasteiger partial charge in [0.15, 0.2) is 0 Å². The van der Waals surface area contributed by atoms with E-state index in [4.69, 9.17) is 21.6 Å². The van der Waals surface area contributed by atoms with Gasteiger partial charge >= 0.3 is 5.97 Å². The lowest BCUT2D eigenvalue weighted by molar-refractivity contribution is -0.141. The maximum atomic E-state index is 12.3. The number of carbonyl (C=O) groups excluding carboxylic acids is 2. The zero-order valence-corrected chi connectivity index (χ0v) is 16.4.